The van der Waals surface area contributed by atoms with E-state index in [1.807, 2.05) is 12.1 Å². The fourth-order valence-electron chi connectivity index (χ4n) is 1.70. The molecule has 0 aromatic heterocycles. The number of benzene rings is 1. The van der Waals surface area contributed by atoms with Crippen LogP contribution in [0, 0.1) is 18.3 Å². The predicted molar refractivity (Wildman–Crippen MR) is 73.6 cm³/mol. The minimum Gasteiger partial charge on any atom is -0.313 e. The molecular weight excluding hydrogens is 248 g/mol. The lowest BCUT2D eigenvalue weighted by molar-refractivity contribution is 0.216. The van der Waals surface area contributed by atoms with Gasteiger partial charge in [0, 0.05) is 6.54 Å². The molecule has 94 valence electrons. The number of rotatable bonds is 4. The third-order valence-electron chi connectivity index (χ3n) is 2.86. The third kappa shape index (κ3) is 3.41. The first-order valence-corrected chi connectivity index (χ1v) is 6.32. The monoisotopic (exact) mass is 262 g/mol. The Kier molecular flexibility index (Phi) is 4.11. The van der Waals surface area contributed by atoms with Crippen molar-refractivity contribution in [2.24, 2.45) is 5.92 Å². The summed E-state index contributed by atoms with van der Waals surface area (Å²) in [6.45, 7) is 1.05. The Morgan fingerprint density at radius 3 is 2.83 bits per heavy atom. The summed E-state index contributed by atoms with van der Waals surface area (Å²) < 4.78 is 0. The van der Waals surface area contributed by atoms with Crippen molar-refractivity contribution in [3.8, 4) is 12.3 Å². The average molecular weight is 263 g/mol. The van der Waals surface area contributed by atoms with E-state index in [1.165, 1.54) is 12.8 Å². The minimum absolute atomic E-state index is 0.187. The van der Waals surface area contributed by atoms with E-state index >= 15 is 0 Å². The molecule has 1 aromatic carbocycles. The van der Waals surface area contributed by atoms with Crippen molar-refractivity contribution in [3.63, 3.8) is 0 Å². The number of anilines is 1. The first-order valence-electron chi connectivity index (χ1n) is 5.94. The minimum atomic E-state index is -0.187. The number of amides is 2. The number of terminal acetylenes is 1. The van der Waals surface area contributed by atoms with Gasteiger partial charge in [-0.2, -0.15) is 0 Å². The average Bonchev–Trinajstić information content (AvgIpc) is 3.15. The van der Waals surface area contributed by atoms with E-state index in [9.17, 15) is 4.79 Å². The van der Waals surface area contributed by atoms with Crippen LogP contribution in [0.5, 0.6) is 0 Å². The Morgan fingerprint density at radius 1 is 1.50 bits per heavy atom. The van der Waals surface area contributed by atoms with Gasteiger partial charge < -0.3 is 10.2 Å². The molecule has 3 nitrogen and oxygen atoms in total. The molecule has 1 fully saturated rings. The third-order valence-corrected chi connectivity index (χ3v) is 3.19. The maximum Gasteiger partial charge on any atom is 0.322 e. The lowest BCUT2D eigenvalue weighted by Gasteiger charge is -2.20. The number of hydrogen-bond donors (Lipinski definition) is 1. The summed E-state index contributed by atoms with van der Waals surface area (Å²) in [7, 11) is 0. The second-order valence-corrected chi connectivity index (χ2v) is 4.85. The SMILES string of the molecule is C#CCN(CC1CC1)C(=O)Nc1ccccc1Cl. The molecular formula is C14H15ClN2O. The molecule has 18 heavy (non-hydrogen) atoms. The zero-order valence-corrected chi connectivity index (χ0v) is 10.8. The van der Waals surface area contributed by atoms with Crippen LogP contribution in [0.4, 0.5) is 10.5 Å². The molecule has 0 bridgehead atoms. The maximum absolute atomic E-state index is 12.1. The molecule has 1 aliphatic carbocycles. The van der Waals surface area contributed by atoms with Gasteiger partial charge in [0.15, 0.2) is 0 Å². The van der Waals surface area contributed by atoms with E-state index in [0.29, 0.717) is 23.2 Å². The Bertz CT molecular complexity index is 477. The first-order chi connectivity index (χ1) is 8.70. The molecule has 2 amide bonds. The predicted octanol–water partition coefficient (Wildman–Crippen LogP) is 3.22. The van der Waals surface area contributed by atoms with Crippen LogP contribution in [0.15, 0.2) is 24.3 Å². The summed E-state index contributed by atoms with van der Waals surface area (Å²) in [5, 5.41) is 3.31. The number of nitrogens with zero attached hydrogens (tertiary/aromatic N) is 1. The van der Waals surface area contributed by atoms with Crippen LogP contribution in [0.1, 0.15) is 12.8 Å². The highest BCUT2D eigenvalue weighted by Gasteiger charge is 2.26. The topological polar surface area (TPSA) is 32.3 Å². The van der Waals surface area contributed by atoms with Crippen LogP contribution in [0.3, 0.4) is 0 Å². The quantitative estimate of drug-likeness (QED) is 0.831. The van der Waals surface area contributed by atoms with Gasteiger partial charge in [0.2, 0.25) is 0 Å². The molecule has 1 N–H and O–H groups in total. The van der Waals surface area contributed by atoms with E-state index in [2.05, 4.69) is 11.2 Å². The van der Waals surface area contributed by atoms with Gasteiger partial charge in [0.05, 0.1) is 17.3 Å². The largest absolute Gasteiger partial charge is 0.322 e. The molecule has 1 aliphatic rings. The molecule has 0 atom stereocenters. The summed E-state index contributed by atoms with van der Waals surface area (Å²) in [4.78, 5) is 13.7. The zero-order valence-electron chi connectivity index (χ0n) is 10.0. The number of urea groups is 1. The molecule has 0 spiro atoms. The van der Waals surface area contributed by atoms with E-state index in [1.54, 1.807) is 17.0 Å². The lowest BCUT2D eigenvalue weighted by atomic mass is 10.3. The smallest absolute Gasteiger partial charge is 0.313 e. The van der Waals surface area contributed by atoms with Crippen LogP contribution >= 0.6 is 11.6 Å². The maximum atomic E-state index is 12.1. The van der Waals surface area contributed by atoms with E-state index in [4.69, 9.17) is 18.0 Å². The summed E-state index contributed by atoms with van der Waals surface area (Å²) in [5.41, 5.74) is 0.613. The van der Waals surface area contributed by atoms with E-state index in [-0.39, 0.29) is 6.03 Å². The number of carbonyl (C=O) groups excluding carboxylic acids is 1. The van der Waals surface area contributed by atoms with Crippen LogP contribution in [0.25, 0.3) is 0 Å². The van der Waals surface area contributed by atoms with Crippen LogP contribution in [-0.4, -0.2) is 24.0 Å². The highest BCUT2D eigenvalue weighted by molar-refractivity contribution is 6.33. The fraction of sp³-hybridized carbons (Fsp3) is 0.357. The van der Waals surface area contributed by atoms with E-state index < -0.39 is 0 Å². The Balaban J connectivity index is 2.00. The molecule has 2 rings (SSSR count). The van der Waals surface area contributed by atoms with Crippen molar-refractivity contribution >= 4 is 23.3 Å². The number of nitrogens with one attached hydrogen (secondary N) is 1. The fourth-order valence-corrected chi connectivity index (χ4v) is 1.88. The van der Waals surface area contributed by atoms with Gasteiger partial charge in [0.25, 0.3) is 0 Å². The van der Waals surface area contributed by atoms with Crippen molar-refractivity contribution in [2.45, 2.75) is 12.8 Å². The van der Waals surface area contributed by atoms with Gasteiger partial charge >= 0.3 is 6.03 Å². The van der Waals surface area contributed by atoms with Gasteiger partial charge in [-0.1, -0.05) is 29.7 Å². The number of halogens is 1. The Hall–Kier alpha value is -1.66. The van der Waals surface area contributed by atoms with Gasteiger partial charge in [-0.3, -0.25) is 0 Å². The Labute approximate surface area is 112 Å². The summed E-state index contributed by atoms with van der Waals surface area (Å²) in [5.74, 6) is 3.12. The first kappa shape index (κ1) is 12.8. The molecule has 0 aliphatic heterocycles. The second-order valence-electron chi connectivity index (χ2n) is 4.44. The molecule has 0 saturated heterocycles. The van der Waals surface area contributed by atoms with Gasteiger partial charge in [-0.25, -0.2) is 4.79 Å². The van der Waals surface area contributed by atoms with Crippen molar-refractivity contribution in [1.82, 2.24) is 4.90 Å². The second kappa shape index (κ2) is 5.79. The number of carbonyl (C=O) groups is 1. The molecule has 4 heteroatoms. The molecule has 0 heterocycles. The van der Waals surface area contributed by atoms with Crippen LogP contribution in [-0.2, 0) is 0 Å². The van der Waals surface area contributed by atoms with Crippen molar-refractivity contribution < 1.29 is 4.79 Å². The Morgan fingerprint density at radius 2 is 2.22 bits per heavy atom. The van der Waals surface area contributed by atoms with E-state index in [0.717, 1.165) is 6.54 Å². The summed E-state index contributed by atoms with van der Waals surface area (Å²) in [6, 6.07) is 6.97. The summed E-state index contributed by atoms with van der Waals surface area (Å²) >= 11 is 5.99. The van der Waals surface area contributed by atoms with Crippen molar-refractivity contribution in [2.75, 3.05) is 18.4 Å². The van der Waals surface area contributed by atoms with Gasteiger partial charge in [-0.15, -0.1) is 6.42 Å². The number of hydrogen-bond acceptors (Lipinski definition) is 1. The standard InChI is InChI=1S/C14H15ClN2O/c1-2-9-17(10-11-7-8-11)14(18)16-13-6-4-3-5-12(13)15/h1,3-6,11H,7-10H2,(H,16,18). The molecule has 1 aromatic rings. The van der Waals surface area contributed by atoms with Crippen LogP contribution < -0.4 is 5.32 Å². The van der Waals surface area contributed by atoms with Crippen LogP contribution in [0.2, 0.25) is 5.02 Å². The van der Waals surface area contributed by atoms with Crippen molar-refractivity contribution in [1.29, 1.82) is 0 Å². The zero-order chi connectivity index (χ0) is 13.0. The van der Waals surface area contributed by atoms with Gasteiger partial charge in [-0.05, 0) is 30.9 Å². The highest BCUT2D eigenvalue weighted by atomic mass is 35.5. The normalized spacial score (nSPS) is 13.8. The highest BCUT2D eigenvalue weighted by Crippen LogP contribution is 2.30. The van der Waals surface area contributed by atoms with Crippen molar-refractivity contribution in [3.05, 3.63) is 29.3 Å². The lowest BCUT2D eigenvalue weighted by Crippen LogP contribution is -2.36. The molecule has 0 unspecified atom stereocenters. The van der Waals surface area contributed by atoms with Gasteiger partial charge in [0.1, 0.15) is 0 Å². The number of para-hydroxylation sites is 1. The molecule has 0 radical (unpaired) electrons. The summed E-state index contributed by atoms with van der Waals surface area (Å²) in [6.07, 6.45) is 7.65. The molecule has 1 saturated carbocycles.